The lowest BCUT2D eigenvalue weighted by atomic mass is 10.1. The first-order valence-corrected chi connectivity index (χ1v) is 10.2. The van der Waals surface area contributed by atoms with Crippen molar-refractivity contribution >= 4 is 46.2 Å². The zero-order valence-electron chi connectivity index (χ0n) is 15.6. The van der Waals surface area contributed by atoms with Gasteiger partial charge in [0.1, 0.15) is 4.32 Å². The SMILES string of the molecule is Cc1ccc(C(=O)NCCN2C(=O)/C(=C/c3ccc4c(c3)OCO4)SC2=S)cc1. The second-order valence-electron chi connectivity index (χ2n) is 6.57. The van der Waals surface area contributed by atoms with Crippen LogP contribution >= 0.6 is 24.0 Å². The maximum atomic E-state index is 12.7. The third kappa shape index (κ3) is 4.28. The van der Waals surface area contributed by atoms with E-state index in [1.54, 1.807) is 18.2 Å². The van der Waals surface area contributed by atoms with Crippen LogP contribution in [0.1, 0.15) is 21.5 Å². The van der Waals surface area contributed by atoms with Crippen LogP contribution in [0.3, 0.4) is 0 Å². The Balaban J connectivity index is 1.37. The molecule has 2 amide bonds. The van der Waals surface area contributed by atoms with Crippen molar-refractivity contribution in [2.24, 2.45) is 0 Å². The van der Waals surface area contributed by atoms with Crippen LogP contribution in [0.4, 0.5) is 0 Å². The molecule has 6 nitrogen and oxygen atoms in total. The molecule has 2 aromatic rings. The maximum absolute atomic E-state index is 12.7. The lowest BCUT2D eigenvalue weighted by Crippen LogP contribution is -2.37. The van der Waals surface area contributed by atoms with Crippen molar-refractivity contribution in [3.8, 4) is 11.5 Å². The number of nitrogens with one attached hydrogen (secondary N) is 1. The summed E-state index contributed by atoms with van der Waals surface area (Å²) in [5.41, 5.74) is 2.51. The Kier molecular flexibility index (Phi) is 5.55. The minimum absolute atomic E-state index is 0.165. The highest BCUT2D eigenvalue weighted by molar-refractivity contribution is 8.26. The van der Waals surface area contributed by atoms with Crippen molar-refractivity contribution in [2.45, 2.75) is 6.92 Å². The van der Waals surface area contributed by atoms with E-state index < -0.39 is 0 Å². The van der Waals surface area contributed by atoms with E-state index in [0.29, 0.717) is 39.4 Å². The van der Waals surface area contributed by atoms with Gasteiger partial charge in [0.25, 0.3) is 11.8 Å². The number of nitrogens with zero attached hydrogens (tertiary/aromatic N) is 1. The topological polar surface area (TPSA) is 67.9 Å². The summed E-state index contributed by atoms with van der Waals surface area (Å²) in [6.07, 6.45) is 1.78. The fourth-order valence-corrected chi connectivity index (χ4v) is 4.24. The van der Waals surface area contributed by atoms with E-state index in [1.165, 1.54) is 16.7 Å². The fraction of sp³-hybridized carbons (Fsp3) is 0.190. The molecule has 8 heteroatoms. The van der Waals surface area contributed by atoms with Crippen LogP contribution in [0.15, 0.2) is 47.4 Å². The summed E-state index contributed by atoms with van der Waals surface area (Å²) < 4.78 is 11.2. The Hall–Kier alpha value is -2.84. The molecule has 1 saturated heterocycles. The van der Waals surface area contributed by atoms with E-state index in [0.717, 1.165) is 11.1 Å². The Bertz CT molecular complexity index is 1020. The van der Waals surface area contributed by atoms with Crippen molar-refractivity contribution in [1.29, 1.82) is 0 Å². The third-order valence-electron chi connectivity index (χ3n) is 4.50. The van der Waals surface area contributed by atoms with E-state index in [-0.39, 0.29) is 18.6 Å². The number of hydrogen-bond donors (Lipinski definition) is 1. The Morgan fingerprint density at radius 3 is 2.76 bits per heavy atom. The van der Waals surface area contributed by atoms with Gasteiger partial charge in [0.15, 0.2) is 11.5 Å². The molecule has 2 aliphatic rings. The lowest BCUT2D eigenvalue weighted by Gasteiger charge is -2.14. The normalized spacial score (nSPS) is 16.6. The minimum atomic E-state index is -0.175. The number of benzene rings is 2. The average Bonchev–Trinajstić information content (AvgIpc) is 3.27. The molecule has 0 spiro atoms. The molecule has 0 unspecified atom stereocenters. The Morgan fingerprint density at radius 2 is 1.97 bits per heavy atom. The van der Waals surface area contributed by atoms with Gasteiger partial charge in [-0.05, 0) is 42.8 Å². The first kappa shape index (κ1) is 19.5. The predicted molar refractivity (Wildman–Crippen MR) is 116 cm³/mol. The molecule has 2 aliphatic heterocycles. The summed E-state index contributed by atoms with van der Waals surface area (Å²) in [7, 11) is 0. The van der Waals surface area contributed by atoms with Crippen LogP contribution in [-0.4, -0.2) is 40.9 Å². The van der Waals surface area contributed by atoms with Crippen LogP contribution in [-0.2, 0) is 4.79 Å². The van der Waals surface area contributed by atoms with Gasteiger partial charge >= 0.3 is 0 Å². The lowest BCUT2D eigenvalue weighted by molar-refractivity contribution is -0.122. The largest absolute Gasteiger partial charge is 0.454 e. The molecule has 4 rings (SSSR count). The Labute approximate surface area is 177 Å². The summed E-state index contributed by atoms with van der Waals surface area (Å²) in [6.45, 7) is 2.81. The molecule has 0 saturated carbocycles. The summed E-state index contributed by atoms with van der Waals surface area (Å²) in [4.78, 5) is 27.0. The number of rotatable bonds is 5. The molecule has 0 aromatic heterocycles. The molecule has 0 aliphatic carbocycles. The van der Waals surface area contributed by atoms with Gasteiger partial charge in [-0.1, -0.05) is 47.7 Å². The summed E-state index contributed by atoms with van der Waals surface area (Å²) in [5.74, 6) is 1.01. The predicted octanol–water partition coefficient (Wildman–Crippen LogP) is 3.35. The standard InChI is InChI=1S/C21H18N2O4S2/c1-13-2-5-15(6-3-13)19(24)22-8-9-23-20(25)18(29-21(23)28)11-14-4-7-16-17(10-14)27-12-26-16/h2-7,10-11H,8-9,12H2,1H3,(H,22,24)/b18-11-. The van der Waals surface area contributed by atoms with Gasteiger partial charge in [-0.15, -0.1) is 0 Å². The van der Waals surface area contributed by atoms with Gasteiger partial charge in [-0.25, -0.2) is 0 Å². The quantitative estimate of drug-likeness (QED) is 0.584. The van der Waals surface area contributed by atoms with Crippen LogP contribution in [0.5, 0.6) is 11.5 Å². The van der Waals surface area contributed by atoms with Gasteiger partial charge in [0.05, 0.1) is 4.91 Å². The number of fused-ring (bicyclic) bond motifs is 1. The summed E-state index contributed by atoms with van der Waals surface area (Å²) in [5, 5.41) is 2.83. The number of amides is 2. The monoisotopic (exact) mass is 426 g/mol. The van der Waals surface area contributed by atoms with E-state index in [4.69, 9.17) is 21.7 Å². The highest BCUT2D eigenvalue weighted by Crippen LogP contribution is 2.36. The first-order chi connectivity index (χ1) is 14.0. The van der Waals surface area contributed by atoms with Gasteiger partial charge in [0.2, 0.25) is 6.79 Å². The molecule has 1 fully saturated rings. The smallest absolute Gasteiger partial charge is 0.266 e. The third-order valence-corrected chi connectivity index (χ3v) is 5.88. The van der Waals surface area contributed by atoms with E-state index in [9.17, 15) is 9.59 Å². The van der Waals surface area contributed by atoms with E-state index >= 15 is 0 Å². The van der Waals surface area contributed by atoms with Gasteiger partial charge in [0, 0.05) is 18.7 Å². The summed E-state index contributed by atoms with van der Waals surface area (Å²) in [6, 6.07) is 12.8. The molecular weight excluding hydrogens is 408 g/mol. The van der Waals surface area contributed by atoms with Crippen molar-refractivity contribution in [2.75, 3.05) is 19.9 Å². The highest BCUT2D eigenvalue weighted by Gasteiger charge is 2.31. The van der Waals surface area contributed by atoms with Crippen LogP contribution in [0.25, 0.3) is 6.08 Å². The van der Waals surface area contributed by atoms with Crippen LogP contribution in [0.2, 0.25) is 0 Å². The second kappa shape index (κ2) is 8.26. The van der Waals surface area contributed by atoms with Gasteiger partial charge in [-0.2, -0.15) is 0 Å². The van der Waals surface area contributed by atoms with Crippen molar-refractivity contribution in [3.05, 3.63) is 64.1 Å². The highest BCUT2D eigenvalue weighted by atomic mass is 32.2. The number of carbonyl (C=O) groups is 2. The average molecular weight is 427 g/mol. The first-order valence-electron chi connectivity index (χ1n) is 9.01. The van der Waals surface area contributed by atoms with E-state index in [2.05, 4.69) is 5.32 Å². The van der Waals surface area contributed by atoms with Gasteiger partial charge < -0.3 is 14.8 Å². The molecule has 29 heavy (non-hydrogen) atoms. The molecule has 2 aromatic carbocycles. The number of thiocarbonyl (C=S) groups is 1. The minimum Gasteiger partial charge on any atom is -0.454 e. The van der Waals surface area contributed by atoms with Crippen molar-refractivity contribution in [3.63, 3.8) is 0 Å². The van der Waals surface area contributed by atoms with Crippen molar-refractivity contribution in [1.82, 2.24) is 10.2 Å². The molecule has 148 valence electrons. The van der Waals surface area contributed by atoms with Gasteiger partial charge in [-0.3, -0.25) is 14.5 Å². The number of carbonyl (C=O) groups excluding carboxylic acids is 2. The molecular formula is C21H18N2O4S2. The van der Waals surface area contributed by atoms with Crippen LogP contribution in [0, 0.1) is 6.92 Å². The zero-order chi connectivity index (χ0) is 20.4. The number of hydrogen-bond acceptors (Lipinski definition) is 6. The number of ether oxygens (including phenoxy) is 2. The molecule has 0 atom stereocenters. The number of thioether (sulfide) groups is 1. The summed E-state index contributed by atoms with van der Waals surface area (Å²) >= 11 is 6.60. The van der Waals surface area contributed by atoms with Crippen molar-refractivity contribution < 1.29 is 19.1 Å². The molecule has 1 N–H and O–H groups in total. The fourth-order valence-electron chi connectivity index (χ4n) is 2.94. The second-order valence-corrected chi connectivity index (χ2v) is 8.24. The number of aryl methyl sites for hydroxylation is 1. The van der Waals surface area contributed by atoms with E-state index in [1.807, 2.05) is 37.3 Å². The Morgan fingerprint density at radius 1 is 1.21 bits per heavy atom. The zero-order valence-corrected chi connectivity index (χ0v) is 17.3. The molecule has 0 bridgehead atoms. The van der Waals surface area contributed by atoms with Crippen LogP contribution < -0.4 is 14.8 Å². The maximum Gasteiger partial charge on any atom is 0.266 e. The molecule has 0 radical (unpaired) electrons. The molecule has 2 heterocycles.